The highest BCUT2D eigenvalue weighted by molar-refractivity contribution is 9.41. The Bertz CT molecular complexity index is 447. The van der Waals surface area contributed by atoms with Crippen LogP contribution in [0.2, 0.25) is 12.1 Å². The van der Waals surface area contributed by atoms with Crippen LogP contribution in [-0.4, -0.2) is 68.8 Å². The van der Waals surface area contributed by atoms with Crippen molar-refractivity contribution in [3.05, 3.63) is 0 Å². The Morgan fingerprint density at radius 2 is 0.650 bits per heavy atom. The first kappa shape index (κ1) is 42.3. The van der Waals surface area contributed by atoms with Crippen LogP contribution in [0.1, 0.15) is 106 Å². The van der Waals surface area contributed by atoms with Gasteiger partial charge in [-0.3, -0.25) is 0 Å². The molecule has 0 saturated heterocycles. The summed E-state index contributed by atoms with van der Waals surface area (Å²) in [5.41, 5.74) is 0. The normalized spacial score (nSPS) is 12.4. The van der Waals surface area contributed by atoms with E-state index in [1.807, 2.05) is 60.9 Å². The average molecular weight is 715 g/mol. The van der Waals surface area contributed by atoms with E-state index in [0.29, 0.717) is 0 Å². The van der Waals surface area contributed by atoms with E-state index < -0.39 is 17.6 Å². The highest BCUT2D eigenvalue weighted by Gasteiger charge is 2.41. The van der Waals surface area contributed by atoms with Gasteiger partial charge in [0.25, 0.3) is 0 Å². The third kappa shape index (κ3) is 23.6. The van der Waals surface area contributed by atoms with Gasteiger partial charge in [0.05, 0.1) is 0 Å². The van der Waals surface area contributed by atoms with Crippen molar-refractivity contribution in [3.8, 4) is 0 Å². The van der Waals surface area contributed by atoms with Gasteiger partial charge < -0.3 is 26.6 Å². The SMILES string of the molecule is CCCO[Si](CCCCSSSSSSCCCC[Si](OCCC)(OCCC)OCCC)(OCCC)OCCC. The minimum Gasteiger partial charge on any atom is -0.373 e. The Hall–Kier alpha value is 2.29. The van der Waals surface area contributed by atoms with Gasteiger partial charge in [-0.1, -0.05) is 63.1 Å². The van der Waals surface area contributed by atoms with E-state index in [1.165, 1.54) is 0 Å². The molecule has 0 aliphatic heterocycles. The first-order valence-electron chi connectivity index (χ1n) is 15.3. The molecule has 0 aromatic heterocycles. The molecule has 14 heteroatoms. The summed E-state index contributed by atoms with van der Waals surface area (Å²) >= 11 is 0. The molecular weight excluding hydrogens is 657 g/mol. The smallest absolute Gasteiger partial charge is 0.373 e. The predicted molar refractivity (Wildman–Crippen MR) is 192 cm³/mol. The fourth-order valence-electron chi connectivity index (χ4n) is 3.36. The lowest BCUT2D eigenvalue weighted by atomic mass is 10.4. The van der Waals surface area contributed by atoms with Gasteiger partial charge in [0.2, 0.25) is 0 Å². The molecule has 0 spiro atoms. The first-order valence-corrected chi connectivity index (χ1v) is 27.0. The Kier molecular flexibility index (Phi) is 33.1. The van der Waals surface area contributed by atoms with Crippen LogP contribution in [0, 0.1) is 0 Å². The van der Waals surface area contributed by atoms with Gasteiger partial charge >= 0.3 is 17.6 Å². The molecule has 0 N–H and O–H groups in total. The van der Waals surface area contributed by atoms with E-state index in [1.54, 1.807) is 0 Å². The third-order valence-electron chi connectivity index (χ3n) is 5.26. The van der Waals surface area contributed by atoms with Crippen molar-refractivity contribution < 1.29 is 26.6 Å². The van der Waals surface area contributed by atoms with Crippen molar-refractivity contribution in [1.82, 2.24) is 0 Å². The number of hydrogen-bond donors (Lipinski definition) is 0. The second-order valence-electron chi connectivity index (χ2n) is 9.29. The first-order chi connectivity index (χ1) is 19.6. The molecule has 0 atom stereocenters. The van der Waals surface area contributed by atoms with Crippen LogP contribution in [0.3, 0.4) is 0 Å². The molecule has 0 heterocycles. The van der Waals surface area contributed by atoms with Crippen molar-refractivity contribution in [2.24, 2.45) is 0 Å². The monoisotopic (exact) mass is 714 g/mol. The van der Waals surface area contributed by atoms with Crippen molar-refractivity contribution in [3.63, 3.8) is 0 Å². The molecule has 0 rings (SSSR count). The number of unbranched alkanes of at least 4 members (excludes halogenated alkanes) is 2. The molecule has 0 amide bonds. The molecule has 0 radical (unpaired) electrons. The van der Waals surface area contributed by atoms with E-state index in [-0.39, 0.29) is 0 Å². The third-order valence-corrected chi connectivity index (χ3v) is 22.1. The van der Waals surface area contributed by atoms with Gasteiger partial charge in [0, 0.05) is 63.2 Å². The minimum atomic E-state index is -2.54. The maximum atomic E-state index is 6.21. The van der Waals surface area contributed by atoms with Gasteiger partial charge in [-0.05, 0) is 104 Å². The van der Waals surface area contributed by atoms with Crippen molar-refractivity contribution >= 4 is 78.5 Å². The summed E-state index contributed by atoms with van der Waals surface area (Å²) in [7, 11) is 6.31. The summed E-state index contributed by atoms with van der Waals surface area (Å²) in [6.45, 7) is 17.2. The van der Waals surface area contributed by atoms with E-state index in [0.717, 1.165) is 127 Å². The summed E-state index contributed by atoms with van der Waals surface area (Å²) in [5, 5.41) is 0. The predicted octanol–water partition coefficient (Wildman–Crippen LogP) is 11.0. The van der Waals surface area contributed by atoms with Gasteiger partial charge in [-0.2, -0.15) is 0 Å². The summed E-state index contributed by atoms with van der Waals surface area (Å²) in [5.74, 6) is 2.28. The lowest BCUT2D eigenvalue weighted by Crippen LogP contribution is -2.46. The van der Waals surface area contributed by atoms with Crippen LogP contribution >= 0.6 is 60.9 Å². The lowest BCUT2D eigenvalue weighted by molar-refractivity contribution is 0.0581. The molecule has 0 bridgehead atoms. The second-order valence-corrected chi connectivity index (χ2v) is 24.5. The Balaban J connectivity index is 4.03. The van der Waals surface area contributed by atoms with E-state index in [9.17, 15) is 0 Å². The maximum Gasteiger partial charge on any atom is 0.500 e. The van der Waals surface area contributed by atoms with E-state index in [2.05, 4.69) is 41.5 Å². The average Bonchev–Trinajstić information content (AvgIpc) is 2.98. The van der Waals surface area contributed by atoms with Gasteiger partial charge in [-0.15, -0.1) is 0 Å². The molecule has 6 nitrogen and oxygen atoms in total. The second kappa shape index (κ2) is 31.3. The summed E-state index contributed by atoms with van der Waals surface area (Å²) in [6.07, 6.45) is 10.5. The summed E-state index contributed by atoms with van der Waals surface area (Å²) in [4.78, 5) is 0. The number of rotatable bonds is 33. The summed E-state index contributed by atoms with van der Waals surface area (Å²) < 4.78 is 37.2. The summed E-state index contributed by atoms with van der Waals surface area (Å²) in [6, 6.07) is 1.85. The molecule has 0 aromatic carbocycles. The quantitative estimate of drug-likeness (QED) is 0.0369. The molecular formula is C26H58O6S6Si2. The Morgan fingerprint density at radius 3 is 0.900 bits per heavy atom. The van der Waals surface area contributed by atoms with Crippen LogP contribution in [0.4, 0.5) is 0 Å². The van der Waals surface area contributed by atoms with Gasteiger partial charge in [-0.25, -0.2) is 0 Å². The van der Waals surface area contributed by atoms with E-state index >= 15 is 0 Å². The zero-order valence-electron chi connectivity index (χ0n) is 26.0. The number of hydrogen-bond acceptors (Lipinski definition) is 12. The van der Waals surface area contributed by atoms with Crippen LogP contribution in [0.5, 0.6) is 0 Å². The van der Waals surface area contributed by atoms with E-state index in [4.69, 9.17) is 26.6 Å². The van der Waals surface area contributed by atoms with Gasteiger partial charge in [0.1, 0.15) is 0 Å². The molecule has 0 aliphatic carbocycles. The van der Waals surface area contributed by atoms with Crippen molar-refractivity contribution in [1.29, 1.82) is 0 Å². The fourth-order valence-corrected chi connectivity index (χ4v) is 20.9. The van der Waals surface area contributed by atoms with Crippen LogP contribution < -0.4 is 0 Å². The molecule has 0 fully saturated rings. The molecule has 0 unspecified atom stereocenters. The Labute approximate surface area is 272 Å². The zero-order valence-corrected chi connectivity index (χ0v) is 32.9. The standard InChI is InChI=1S/C26H58O6S6Si2/c1-7-17-27-39(28-18-8-2,29-19-9-3)25-15-13-23-33-35-37-38-36-34-24-14-16-26-40(30-20-10-4,31-21-11-5)32-22-12-6/h7-26H2,1-6H3. The van der Waals surface area contributed by atoms with Crippen LogP contribution in [0.25, 0.3) is 0 Å². The van der Waals surface area contributed by atoms with Crippen LogP contribution in [-0.2, 0) is 26.6 Å². The lowest BCUT2D eigenvalue weighted by Gasteiger charge is -2.29. The molecule has 40 heavy (non-hydrogen) atoms. The van der Waals surface area contributed by atoms with Crippen molar-refractivity contribution in [2.75, 3.05) is 51.1 Å². The minimum absolute atomic E-state index is 0.727. The topological polar surface area (TPSA) is 55.4 Å². The largest absolute Gasteiger partial charge is 0.500 e. The molecule has 0 saturated carbocycles. The highest BCUT2D eigenvalue weighted by atomic mass is 33.9. The molecule has 0 aromatic rings. The fraction of sp³-hybridized carbons (Fsp3) is 1.00. The zero-order chi connectivity index (χ0) is 29.6. The van der Waals surface area contributed by atoms with Crippen molar-refractivity contribution in [2.45, 2.75) is 118 Å². The van der Waals surface area contributed by atoms with Gasteiger partial charge in [0.15, 0.2) is 0 Å². The maximum absolute atomic E-state index is 6.21. The highest BCUT2D eigenvalue weighted by Crippen LogP contribution is 2.52. The van der Waals surface area contributed by atoms with Crippen LogP contribution in [0.15, 0.2) is 0 Å². The molecule has 0 aliphatic rings. The Morgan fingerprint density at radius 1 is 0.375 bits per heavy atom. The molecule has 242 valence electrons.